The number of carbonyl (C=O) groups is 3. The number of nitrogens with one attached hydrogen (secondary N) is 4. The zero-order valence-electron chi connectivity index (χ0n) is 12.9. The van der Waals surface area contributed by atoms with Crippen LogP contribution in [0.25, 0.3) is 0 Å². The van der Waals surface area contributed by atoms with E-state index in [-0.39, 0.29) is 12.5 Å². The molecular weight excluding hydrogens is 284 g/mol. The molecule has 0 aromatic heterocycles. The first-order valence-electron chi connectivity index (χ1n) is 7.26. The molecule has 0 saturated carbocycles. The summed E-state index contributed by atoms with van der Waals surface area (Å²) in [5, 5.41) is 10.3. The fourth-order valence-corrected chi connectivity index (χ4v) is 1.67. The van der Waals surface area contributed by atoms with E-state index in [1.54, 1.807) is 31.2 Å². The Morgan fingerprint density at radius 3 is 2.55 bits per heavy atom. The minimum atomic E-state index is -0.526. The largest absolute Gasteiger partial charge is 0.376 e. The van der Waals surface area contributed by atoms with Gasteiger partial charge in [-0.25, -0.2) is 4.79 Å². The second-order valence-corrected chi connectivity index (χ2v) is 4.60. The van der Waals surface area contributed by atoms with Crippen LogP contribution < -0.4 is 21.3 Å². The fourth-order valence-electron chi connectivity index (χ4n) is 1.67. The molecule has 0 radical (unpaired) electrons. The summed E-state index contributed by atoms with van der Waals surface area (Å²) in [7, 11) is 0. The standard InChI is InChI=1S/C15H22N4O3/c1-3-8-17-14(21)11-6-5-7-12(9-11)18-10-13(20)19-15(22)16-4-2/h5-7,9,18H,3-4,8,10H2,1-2H3,(H,17,21)(H2,16,19,20,22). The van der Waals surface area contributed by atoms with E-state index in [2.05, 4.69) is 21.3 Å². The lowest BCUT2D eigenvalue weighted by Gasteiger charge is -2.09. The highest BCUT2D eigenvalue weighted by Crippen LogP contribution is 2.10. The van der Waals surface area contributed by atoms with Crippen LogP contribution in [0.4, 0.5) is 10.5 Å². The Labute approximate surface area is 129 Å². The molecule has 0 saturated heterocycles. The molecule has 22 heavy (non-hydrogen) atoms. The van der Waals surface area contributed by atoms with Gasteiger partial charge in [0.25, 0.3) is 5.91 Å². The van der Waals surface area contributed by atoms with Gasteiger partial charge in [0.15, 0.2) is 0 Å². The molecule has 1 aromatic rings. The lowest BCUT2D eigenvalue weighted by Crippen LogP contribution is -2.41. The van der Waals surface area contributed by atoms with Crippen LogP contribution in [-0.4, -0.2) is 37.5 Å². The van der Waals surface area contributed by atoms with Gasteiger partial charge in [0.1, 0.15) is 0 Å². The van der Waals surface area contributed by atoms with Crippen molar-refractivity contribution in [2.45, 2.75) is 20.3 Å². The smallest absolute Gasteiger partial charge is 0.321 e. The van der Waals surface area contributed by atoms with Crippen LogP contribution >= 0.6 is 0 Å². The van der Waals surface area contributed by atoms with E-state index < -0.39 is 11.9 Å². The average Bonchev–Trinajstić information content (AvgIpc) is 2.51. The average molecular weight is 306 g/mol. The molecule has 0 spiro atoms. The maximum Gasteiger partial charge on any atom is 0.321 e. The predicted molar refractivity (Wildman–Crippen MR) is 84.8 cm³/mol. The molecule has 7 nitrogen and oxygen atoms in total. The molecule has 0 unspecified atom stereocenters. The minimum absolute atomic E-state index is 0.0584. The summed E-state index contributed by atoms with van der Waals surface area (Å²) < 4.78 is 0. The summed E-state index contributed by atoms with van der Waals surface area (Å²) in [6.07, 6.45) is 0.865. The van der Waals surface area contributed by atoms with Gasteiger partial charge in [-0.1, -0.05) is 13.0 Å². The first-order valence-corrected chi connectivity index (χ1v) is 7.26. The third-order valence-corrected chi connectivity index (χ3v) is 2.70. The number of hydrogen-bond acceptors (Lipinski definition) is 4. The molecule has 0 atom stereocenters. The second kappa shape index (κ2) is 9.38. The number of benzene rings is 1. The topological polar surface area (TPSA) is 99.3 Å². The van der Waals surface area contributed by atoms with Crippen molar-refractivity contribution in [3.8, 4) is 0 Å². The summed E-state index contributed by atoms with van der Waals surface area (Å²) in [6.45, 7) is 4.74. The van der Waals surface area contributed by atoms with Gasteiger partial charge in [0.05, 0.1) is 6.54 Å². The molecule has 0 aliphatic rings. The minimum Gasteiger partial charge on any atom is -0.376 e. The van der Waals surface area contributed by atoms with E-state index in [0.29, 0.717) is 24.3 Å². The molecule has 1 aromatic carbocycles. The molecule has 4 amide bonds. The van der Waals surface area contributed by atoms with Crippen LogP contribution in [0.15, 0.2) is 24.3 Å². The maximum atomic E-state index is 11.8. The van der Waals surface area contributed by atoms with Crippen LogP contribution in [0.2, 0.25) is 0 Å². The van der Waals surface area contributed by atoms with Crippen LogP contribution in [0.5, 0.6) is 0 Å². The van der Waals surface area contributed by atoms with Crippen molar-refractivity contribution in [2.24, 2.45) is 0 Å². The van der Waals surface area contributed by atoms with E-state index in [1.165, 1.54) is 0 Å². The Kier molecular flexibility index (Phi) is 7.45. The number of carbonyl (C=O) groups excluding carboxylic acids is 3. The third kappa shape index (κ3) is 6.25. The quantitative estimate of drug-likeness (QED) is 0.606. The Morgan fingerprint density at radius 2 is 1.86 bits per heavy atom. The van der Waals surface area contributed by atoms with Crippen LogP contribution in [-0.2, 0) is 4.79 Å². The van der Waals surface area contributed by atoms with Crippen molar-refractivity contribution in [1.29, 1.82) is 0 Å². The predicted octanol–water partition coefficient (Wildman–Crippen LogP) is 1.08. The number of rotatable bonds is 7. The Balaban J connectivity index is 2.51. The number of amides is 4. The first-order chi connectivity index (χ1) is 10.6. The molecule has 120 valence electrons. The zero-order valence-corrected chi connectivity index (χ0v) is 12.9. The molecule has 0 aliphatic carbocycles. The molecular formula is C15H22N4O3. The van der Waals surface area contributed by atoms with Gasteiger partial charge in [-0.15, -0.1) is 0 Å². The van der Waals surface area contributed by atoms with Gasteiger partial charge >= 0.3 is 6.03 Å². The van der Waals surface area contributed by atoms with Gasteiger partial charge in [-0.05, 0) is 31.5 Å². The number of urea groups is 1. The number of anilines is 1. The van der Waals surface area contributed by atoms with E-state index in [4.69, 9.17) is 0 Å². The van der Waals surface area contributed by atoms with Gasteiger partial charge in [0.2, 0.25) is 5.91 Å². The molecule has 0 aliphatic heterocycles. The fraction of sp³-hybridized carbons (Fsp3) is 0.400. The van der Waals surface area contributed by atoms with E-state index >= 15 is 0 Å². The van der Waals surface area contributed by atoms with Crippen LogP contribution in [0.1, 0.15) is 30.6 Å². The lowest BCUT2D eigenvalue weighted by molar-refractivity contribution is -0.118. The van der Waals surface area contributed by atoms with Crippen molar-refractivity contribution in [3.05, 3.63) is 29.8 Å². The van der Waals surface area contributed by atoms with Gasteiger partial charge in [-0.2, -0.15) is 0 Å². The second-order valence-electron chi connectivity index (χ2n) is 4.60. The Bertz CT molecular complexity index is 531. The molecule has 0 fully saturated rings. The molecule has 4 N–H and O–H groups in total. The highest BCUT2D eigenvalue weighted by Gasteiger charge is 2.08. The Morgan fingerprint density at radius 1 is 1.09 bits per heavy atom. The van der Waals surface area contributed by atoms with E-state index in [9.17, 15) is 14.4 Å². The SMILES string of the molecule is CCCNC(=O)c1cccc(NCC(=O)NC(=O)NCC)c1. The van der Waals surface area contributed by atoms with Crippen LogP contribution in [0.3, 0.4) is 0 Å². The highest BCUT2D eigenvalue weighted by atomic mass is 16.2. The monoisotopic (exact) mass is 306 g/mol. The summed E-state index contributed by atoms with van der Waals surface area (Å²) in [5.74, 6) is -0.607. The number of imide groups is 1. The van der Waals surface area contributed by atoms with Crippen LogP contribution in [0, 0.1) is 0 Å². The highest BCUT2D eigenvalue weighted by molar-refractivity contribution is 5.97. The molecule has 0 heterocycles. The normalized spacial score (nSPS) is 9.73. The summed E-state index contributed by atoms with van der Waals surface area (Å²) in [5.41, 5.74) is 1.15. The molecule has 0 bridgehead atoms. The van der Waals surface area contributed by atoms with E-state index in [0.717, 1.165) is 6.42 Å². The lowest BCUT2D eigenvalue weighted by atomic mass is 10.2. The summed E-state index contributed by atoms with van der Waals surface area (Å²) in [6, 6.07) is 6.30. The Hall–Kier alpha value is -2.57. The van der Waals surface area contributed by atoms with Crippen molar-refractivity contribution in [1.82, 2.24) is 16.0 Å². The summed E-state index contributed by atoms with van der Waals surface area (Å²) >= 11 is 0. The molecule has 7 heteroatoms. The van der Waals surface area contributed by atoms with Crippen molar-refractivity contribution in [3.63, 3.8) is 0 Å². The number of hydrogen-bond donors (Lipinski definition) is 4. The first kappa shape index (κ1) is 17.5. The summed E-state index contributed by atoms with van der Waals surface area (Å²) in [4.78, 5) is 34.6. The van der Waals surface area contributed by atoms with Gasteiger partial charge in [0, 0.05) is 24.3 Å². The van der Waals surface area contributed by atoms with Crippen molar-refractivity contribution in [2.75, 3.05) is 25.0 Å². The molecule has 1 rings (SSSR count). The van der Waals surface area contributed by atoms with E-state index in [1.807, 2.05) is 6.92 Å². The van der Waals surface area contributed by atoms with Crippen molar-refractivity contribution >= 4 is 23.5 Å². The third-order valence-electron chi connectivity index (χ3n) is 2.70. The van der Waals surface area contributed by atoms with Gasteiger partial charge in [-0.3, -0.25) is 14.9 Å². The van der Waals surface area contributed by atoms with Crippen molar-refractivity contribution < 1.29 is 14.4 Å². The zero-order chi connectivity index (χ0) is 16.4. The maximum absolute atomic E-state index is 11.8. The van der Waals surface area contributed by atoms with Gasteiger partial charge < -0.3 is 16.0 Å².